The molecule has 108 valence electrons. The molecule has 20 heavy (non-hydrogen) atoms. The van der Waals surface area contributed by atoms with E-state index in [0.29, 0.717) is 17.2 Å². The predicted molar refractivity (Wildman–Crippen MR) is 88.7 cm³/mol. The molecule has 2 N–H and O–H groups in total. The van der Waals surface area contributed by atoms with Crippen molar-refractivity contribution >= 4 is 55.5 Å². The maximum atomic E-state index is 12.4. The van der Waals surface area contributed by atoms with Crippen molar-refractivity contribution in [3.8, 4) is 0 Å². The second-order valence-corrected chi connectivity index (χ2v) is 7.39. The van der Waals surface area contributed by atoms with Crippen LogP contribution >= 0.6 is 38.6 Å². The van der Waals surface area contributed by atoms with Crippen LogP contribution in [-0.2, 0) is 6.54 Å². The lowest BCUT2D eigenvalue weighted by atomic mass is 10.4. The van der Waals surface area contributed by atoms with Crippen LogP contribution in [0.4, 0.5) is 10.9 Å². The zero-order valence-corrected chi connectivity index (χ0v) is 14.6. The van der Waals surface area contributed by atoms with Crippen LogP contribution in [0, 0.1) is 0 Å². The number of hydrogen-bond donors (Lipinski definition) is 1. The fourth-order valence-electron chi connectivity index (χ4n) is 1.58. The van der Waals surface area contributed by atoms with Crippen LogP contribution in [0.1, 0.15) is 14.5 Å². The van der Waals surface area contributed by atoms with Crippen LogP contribution in [0.15, 0.2) is 15.9 Å². The predicted octanol–water partition coefficient (Wildman–Crippen LogP) is 2.89. The highest BCUT2D eigenvalue weighted by Gasteiger charge is 2.20. The highest BCUT2D eigenvalue weighted by molar-refractivity contribution is 9.10. The molecule has 0 saturated heterocycles. The Bertz CT molecular complexity index is 623. The minimum Gasteiger partial charge on any atom is -0.382 e. The molecular formula is C12H15BrN4OS2. The minimum atomic E-state index is -0.0994. The Hall–Kier alpha value is -1.12. The Labute approximate surface area is 134 Å². The summed E-state index contributed by atoms with van der Waals surface area (Å²) in [5, 5.41) is 2.73. The molecule has 0 aromatic carbocycles. The Balaban J connectivity index is 2.14. The summed E-state index contributed by atoms with van der Waals surface area (Å²) in [6, 6.07) is 2.01. The molecular weight excluding hydrogens is 360 g/mol. The van der Waals surface area contributed by atoms with Gasteiger partial charge in [-0.25, -0.2) is 4.98 Å². The molecule has 2 aromatic heterocycles. The number of carbonyl (C=O) groups excluding carboxylic acids is 1. The molecule has 0 radical (unpaired) electrons. The number of nitrogens with zero attached hydrogens (tertiary/aromatic N) is 3. The molecule has 1 amide bonds. The summed E-state index contributed by atoms with van der Waals surface area (Å²) in [7, 11) is 5.52. The van der Waals surface area contributed by atoms with Gasteiger partial charge < -0.3 is 15.5 Å². The smallest absolute Gasteiger partial charge is 0.267 e. The van der Waals surface area contributed by atoms with Crippen molar-refractivity contribution in [3.63, 3.8) is 0 Å². The van der Waals surface area contributed by atoms with Gasteiger partial charge in [0.15, 0.2) is 5.13 Å². The number of carbonyl (C=O) groups is 1. The largest absolute Gasteiger partial charge is 0.382 e. The van der Waals surface area contributed by atoms with Gasteiger partial charge in [0.25, 0.3) is 5.91 Å². The Morgan fingerprint density at radius 3 is 2.65 bits per heavy atom. The molecule has 0 atom stereocenters. The van der Waals surface area contributed by atoms with E-state index < -0.39 is 0 Å². The zero-order valence-electron chi connectivity index (χ0n) is 11.4. The van der Waals surface area contributed by atoms with Crippen LogP contribution in [0.5, 0.6) is 0 Å². The van der Waals surface area contributed by atoms with Crippen LogP contribution in [0.2, 0.25) is 0 Å². The van der Waals surface area contributed by atoms with Crippen molar-refractivity contribution in [2.75, 3.05) is 31.8 Å². The lowest BCUT2D eigenvalue weighted by Gasteiger charge is -2.15. The molecule has 2 aromatic rings. The first-order valence-corrected chi connectivity index (χ1v) is 8.29. The van der Waals surface area contributed by atoms with Gasteiger partial charge in [0.1, 0.15) is 10.7 Å². The number of hydrogen-bond acceptors (Lipinski definition) is 6. The Morgan fingerprint density at radius 1 is 1.45 bits per heavy atom. The van der Waals surface area contributed by atoms with E-state index in [2.05, 4.69) is 20.9 Å². The lowest BCUT2D eigenvalue weighted by Crippen LogP contribution is -2.25. The third-order valence-corrected chi connectivity index (χ3v) is 5.49. The summed E-state index contributed by atoms with van der Waals surface area (Å²) in [4.78, 5) is 21.7. The topological polar surface area (TPSA) is 62.5 Å². The average molecular weight is 375 g/mol. The Morgan fingerprint density at radius 2 is 2.15 bits per heavy atom. The first-order valence-electron chi connectivity index (χ1n) is 5.80. The van der Waals surface area contributed by atoms with Gasteiger partial charge in [-0.3, -0.25) is 4.79 Å². The molecule has 2 heterocycles. The summed E-state index contributed by atoms with van der Waals surface area (Å²) < 4.78 is 1.03. The van der Waals surface area contributed by atoms with E-state index in [-0.39, 0.29) is 5.91 Å². The quantitative estimate of drug-likeness (QED) is 0.893. The van der Waals surface area contributed by atoms with Gasteiger partial charge in [-0.2, -0.15) is 0 Å². The number of nitrogen functional groups attached to an aromatic ring is 1. The van der Waals surface area contributed by atoms with Crippen LogP contribution < -0.4 is 10.6 Å². The second-order valence-electron chi connectivity index (χ2n) is 4.50. The molecule has 5 nitrogen and oxygen atoms in total. The van der Waals surface area contributed by atoms with E-state index >= 15 is 0 Å². The maximum absolute atomic E-state index is 12.4. The van der Waals surface area contributed by atoms with Gasteiger partial charge in [-0.1, -0.05) is 11.3 Å². The van der Waals surface area contributed by atoms with E-state index in [1.54, 1.807) is 23.3 Å². The van der Waals surface area contributed by atoms with Gasteiger partial charge in [-0.15, -0.1) is 11.3 Å². The van der Waals surface area contributed by atoms with Crippen molar-refractivity contribution in [2.24, 2.45) is 0 Å². The summed E-state index contributed by atoms with van der Waals surface area (Å²) in [6.45, 7) is 0.559. The second kappa shape index (κ2) is 6.11. The van der Waals surface area contributed by atoms with Gasteiger partial charge in [0, 0.05) is 35.9 Å². The monoisotopic (exact) mass is 374 g/mol. The van der Waals surface area contributed by atoms with E-state index in [1.807, 2.05) is 30.4 Å². The van der Waals surface area contributed by atoms with Gasteiger partial charge in [0.2, 0.25) is 0 Å². The van der Waals surface area contributed by atoms with Crippen LogP contribution in [0.25, 0.3) is 0 Å². The van der Waals surface area contributed by atoms with Gasteiger partial charge in [-0.05, 0) is 22.0 Å². The van der Waals surface area contributed by atoms with E-state index in [0.717, 1.165) is 14.5 Å². The third-order valence-electron chi connectivity index (χ3n) is 2.58. The van der Waals surface area contributed by atoms with Gasteiger partial charge in [0.05, 0.1) is 6.54 Å². The van der Waals surface area contributed by atoms with E-state index in [4.69, 9.17) is 5.73 Å². The average Bonchev–Trinajstić information content (AvgIpc) is 2.95. The van der Waals surface area contributed by atoms with Crippen molar-refractivity contribution in [1.29, 1.82) is 0 Å². The van der Waals surface area contributed by atoms with Crippen molar-refractivity contribution < 1.29 is 4.79 Å². The number of anilines is 2. The molecule has 2 rings (SSSR count). The lowest BCUT2D eigenvalue weighted by molar-refractivity contribution is 0.0792. The fraction of sp³-hybridized carbons (Fsp3) is 0.333. The van der Waals surface area contributed by atoms with Gasteiger partial charge >= 0.3 is 0 Å². The number of rotatable bonds is 4. The van der Waals surface area contributed by atoms with Crippen LogP contribution in [0.3, 0.4) is 0 Å². The minimum absolute atomic E-state index is 0.0994. The number of amides is 1. The summed E-state index contributed by atoms with van der Waals surface area (Å²) in [5.74, 6) is 0.195. The third kappa shape index (κ3) is 3.31. The van der Waals surface area contributed by atoms with E-state index in [9.17, 15) is 4.79 Å². The maximum Gasteiger partial charge on any atom is 0.267 e. The normalized spacial score (nSPS) is 10.6. The van der Waals surface area contributed by atoms with E-state index in [1.165, 1.54) is 11.3 Å². The first kappa shape index (κ1) is 15.3. The molecule has 0 spiro atoms. The molecule has 0 aliphatic carbocycles. The standard InChI is InChI=1S/C12H15BrN4OS2/c1-16(2)12-15-10(14)9(20-12)11(18)17(3)5-8-4-7(13)6-19-8/h4,6H,5,14H2,1-3H3. The number of thiazole rings is 1. The number of halogens is 1. The van der Waals surface area contributed by atoms with Crippen molar-refractivity contribution in [2.45, 2.75) is 6.54 Å². The molecule has 0 fully saturated rings. The summed E-state index contributed by atoms with van der Waals surface area (Å²) >= 11 is 6.33. The summed E-state index contributed by atoms with van der Waals surface area (Å²) in [5.41, 5.74) is 5.84. The van der Waals surface area contributed by atoms with Crippen LogP contribution in [-0.4, -0.2) is 36.9 Å². The molecule has 0 bridgehead atoms. The first-order chi connectivity index (χ1) is 9.38. The number of thiophene rings is 1. The molecule has 0 aliphatic rings. The van der Waals surface area contributed by atoms with Crippen molar-refractivity contribution in [3.05, 3.63) is 25.7 Å². The summed E-state index contributed by atoms with van der Waals surface area (Å²) in [6.07, 6.45) is 0. The molecule has 0 unspecified atom stereocenters. The molecule has 8 heteroatoms. The molecule has 0 aliphatic heterocycles. The SMILES string of the molecule is CN(Cc1cc(Br)cs1)C(=O)c1sc(N(C)C)nc1N. The number of aromatic nitrogens is 1. The Kier molecular flexibility index (Phi) is 4.66. The highest BCUT2D eigenvalue weighted by atomic mass is 79.9. The fourth-order valence-corrected chi connectivity index (χ4v) is 3.99. The van der Waals surface area contributed by atoms with Crippen molar-refractivity contribution in [1.82, 2.24) is 9.88 Å². The molecule has 0 saturated carbocycles. The number of nitrogens with two attached hydrogens (primary N) is 1. The highest BCUT2D eigenvalue weighted by Crippen LogP contribution is 2.28. The zero-order chi connectivity index (χ0) is 14.9.